The molecule has 0 spiro atoms. The molecule has 4 heteroatoms. The van der Waals surface area contributed by atoms with E-state index in [9.17, 15) is 14.4 Å². The van der Waals surface area contributed by atoms with E-state index in [-0.39, 0.29) is 53.0 Å². The summed E-state index contributed by atoms with van der Waals surface area (Å²) in [5, 5.41) is 0. The molecule has 0 aromatic heterocycles. The number of ether oxygens (including phenoxy) is 1. The summed E-state index contributed by atoms with van der Waals surface area (Å²) in [6.45, 7) is 2.09. The van der Waals surface area contributed by atoms with Crippen molar-refractivity contribution >= 4 is 17.5 Å². The monoisotopic (exact) mass is 404 g/mol. The predicted octanol–water partition coefficient (Wildman–Crippen LogP) is 4.49. The van der Waals surface area contributed by atoms with Gasteiger partial charge in [-0.2, -0.15) is 0 Å². The number of ketones is 2. The third-order valence-electron chi connectivity index (χ3n) is 9.01. The van der Waals surface area contributed by atoms with Crippen LogP contribution in [0.2, 0.25) is 0 Å². The molecule has 0 saturated heterocycles. The first-order valence-electron chi connectivity index (χ1n) is 11.6. The van der Waals surface area contributed by atoms with Gasteiger partial charge in [0.05, 0.1) is 5.56 Å². The second-order valence-electron chi connectivity index (χ2n) is 10.1. The maximum atomic E-state index is 13.0. The minimum Gasteiger partial charge on any atom is -0.455 e. The van der Waals surface area contributed by atoms with Crippen molar-refractivity contribution in [1.82, 2.24) is 0 Å². The van der Waals surface area contributed by atoms with Crippen molar-refractivity contribution in [2.75, 3.05) is 0 Å². The molecule has 4 bridgehead atoms. The maximum absolute atomic E-state index is 13.0. The molecule has 0 N–H and O–H groups in total. The Labute approximate surface area is 177 Å². The molecular formula is C26H28O4. The van der Waals surface area contributed by atoms with Crippen LogP contribution in [-0.2, 0) is 14.3 Å². The predicted molar refractivity (Wildman–Crippen MR) is 111 cm³/mol. The van der Waals surface area contributed by atoms with Gasteiger partial charge in [0.2, 0.25) is 0 Å². The normalized spacial score (nSPS) is 39.7. The smallest absolute Gasteiger partial charge is 0.338 e. The van der Waals surface area contributed by atoms with Crippen LogP contribution in [0, 0.1) is 35.5 Å². The lowest BCUT2D eigenvalue weighted by Crippen LogP contribution is -2.31. The van der Waals surface area contributed by atoms with Crippen molar-refractivity contribution in [1.29, 1.82) is 0 Å². The number of allylic oxidation sites excluding steroid dienone is 2. The van der Waals surface area contributed by atoms with Crippen molar-refractivity contribution in [2.24, 2.45) is 35.5 Å². The van der Waals surface area contributed by atoms with E-state index in [1.807, 2.05) is 36.4 Å². The van der Waals surface area contributed by atoms with E-state index >= 15 is 0 Å². The summed E-state index contributed by atoms with van der Waals surface area (Å²) in [6.07, 6.45) is 9.96. The van der Waals surface area contributed by atoms with Gasteiger partial charge in [-0.05, 0) is 74.0 Å². The zero-order valence-electron chi connectivity index (χ0n) is 17.4. The van der Waals surface area contributed by atoms with E-state index in [1.54, 1.807) is 0 Å². The fourth-order valence-corrected chi connectivity index (χ4v) is 7.55. The molecule has 0 radical (unpaired) electrons. The highest BCUT2D eigenvalue weighted by Gasteiger charge is 2.68. The molecule has 4 nitrogen and oxygen atoms in total. The van der Waals surface area contributed by atoms with Crippen LogP contribution in [0.4, 0.5) is 0 Å². The third-order valence-corrected chi connectivity index (χ3v) is 9.01. The highest BCUT2D eigenvalue weighted by molar-refractivity contribution is 5.99. The number of hydrogen-bond acceptors (Lipinski definition) is 4. The summed E-state index contributed by atoms with van der Waals surface area (Å²) >= 11 is 0. The van der Waals surface area contributed by atoms with Gasteiger partial charge in [0.25, 0.3) is 0 Å². The largest absolute Gasteiger partial charge is 0.455 e. The molecule has 156 valence electrons. The van der Waals surface area contributed by atoms with Gasteiger partial charge in [0.1, 0.15) is 17.2 Å². The lowest BCUT2D eigenvalue weighted by atomic mass is 9.68. The summed E-state index contributed by atoms with van der Waals surface area (Å²) in [5.74, 6) is 1.01. The number of esters is 1. The summed E-state index contributed by atoms with van der Waals surface area (Å²) in [4.78, 5) is 38.3. The van der Waals surface area contributed by atoms with E-state index in [4.69, 9.17) is 4.74 Å². The number of hydrogen-bond donors (Lipinski definition) is 0. The number of benzene rings is 1. The lowest BCUT2D eigenvalue weighted by Gasteiger charge is -2.34. The molecule has 0 amide bonds. The first-order chi connectivity index (χ1) is 14.5. The maximum Gasteiger partial charge on any atom is 0.338 e. The van der Waals surface area contributed by atoms with Gasteiger partial charge in [-0.25, -0.2) is 4.79 Å². The van der Waals surface area contributed by atoms with Crippen molar-refractivity contribution in [2.45, 2.75) is 57.0 Å². The highest BCUT2D eigenvalue weighted by Crippen LogP contribution is 2.66. The van der Waals surface area contributed by atoms with Gasteiger partial charge >= 0.3 is 5.97 Å². The molecule has 30 heavy (non-hydrogen) atoms. The Morgan fingerprint density at radius 1 is 0.967 bits per heavy atom. The first kappa shape index (κ1) is 18.5. The Balaban J connectivity index is 1.21. The van der Waals surface area contributed by atoms with Crippen molar-refractivity contribution in [3.63, 3.8) is 0 Å². The molecule has 1 aromatic rings. The van der Waals surface area contributed by atoms with Gasteiger partial charge in [-0.15, -0.1) is 0 Å². The zero-order valence-corrected chi connectivity index (χ0v) is 17.4. The van der Waals surface area contributed by atoms with Crippen LogP contribution in [0.15, 0.2) is 36.4 Å². The molecule has 1 aromatic carbocycles. The topological polar surface area (TPSA) is 60.4 Å². The highest BCUT2D eigenvalue weighted by atomic mass is 16.6. The molecule has 6 rings (SSSR count). The average molecular weight is 405 g/mol. The van der Waals surface area contributed by atoms with Gasteiger partial charge in [-0.3, -0.25) is 9.59 Å². The summed E-state index contributed by atoms with van der Waals surface area (Å²) in [5.41, 5.74) is 1.42. The third kappa shape index (κ3) is 2.36. The van der Waals surface area contributed by atoms with Gasteiger partial charge < -0.3 is 4.74 Å². The first-order valence-corrected chi connectivity index (χ1v) is 11.6. The van der Waals surface area contributed by atoms with Crippen LogP contribution in [0.25, 0.3) is 0 Å². The number of fused-ring (bicyclic) bond motifs is 9. The van der Waals surface area contributed by atoms with Crippen LogP contribution < -0.4 is 0 Å². The summed E-state index contributed by atoms with van der Waals surface area (Å²) in [6, 6.07) is 7.72. The number of carbonyl (C=O) groups is 3. The van der Waals surface area contributed by atoms with Crippen LogP contribution in [0.5, 0.6) is 0 Å². The molecule has 5 aliphatic carbocycles. The lowest BCUT2D eigenvalue weighted by molar-refractivity contribution is -0.125. The minimum absolute atomic E-state index is 0.0153. The van der Waals surface area contributed by atoms with E-state index in [2.05, 4.69) is 6.92 Å². The van der Waals surface area contributed by atoms with Crippen LogP contribution >= 0.6 is 0 Å². The summed E-state index contributed by atoms with van der Waals surface area (Å²) < 4.78 is 5.93. The van der Waals surface area contributed by atoms with Gasteiger partial charge in [0, 0.05) is 23.7 Å². The Morgan fingerprint density at radius 2 is 1.63 bits per heavy atom. The van der Waals surface area contributed by atoms with Crippen molar-refractivity contribution in [3.8, 4) is 0 Å². The average Bonchev–Trinajstić information content (AvgIpc) is 3.56. The van der Waals surface area contributed by atoms with Gasteiger partial charge in [-0.1, -0.05) is 31.2 Å². The molecule has 4 saturated carbocycles. The molecule has 4 fully saturated rings. The quantitative estimate of drug-likeness (QED) is 0.422. The summed E-state index contributed by atoms with van der Waals surface area (Å²) in [7, 11) is 0. The Hall–Kier alpha value is -2.23. The van der Waals surface area contributed by atoms with Crippen LogP contribution in [-0.4, -0.2) is 23.1 Å². The van der Waals surface area contributed by atoms with E-state index in [0.29, 0.717) is 17.1 Å². The molecule has 0 heterocycles. The minimum atomic E-state index is -0.288. The van der Waals surface area contributed by atoms with Crippen LogP contribution in [0.1, 0.15) is 67.3 Å². The van der Waals surface area contributed by atoms with Gasteiger partial charge in [0.15, 0.2) is 0 Å². The molecular weight excluding hydrogens is 376 g/mol. The number of rotatable bonds is 4. The second kappa shape index (κ2) is 6.38. The Kier molecular flexibility index (Phi) is 3.94. The molecule has 5 aliphatic rings. The molecule has 0 aliphatic heterocycles. The van der Waals surface area contributed by atoms with E-state index < -0.39 is 0 Å². The zero-order chi connectivity index (χ0) is 20.6. The van der Waals surface area contributed by atoms with Crippen molar-refractivity contribution < 1.29 is 19.1 Å². The molecule has 7 unspecified atom stereocenters. The standard InChI is InChI=1S/C26H28O4/c1-2-26(11-3-4-12-26)30-25(29)15-7-5-14(6-8-15)18-13-19-20-16-9-10-17(23(16)27)21(20)22(18)24(19)28/h5-10,16-22H,2-4,11-13H2,1H3. The number of carbonyl (C=O) groups excluding carboxylic acids is 3. The van der Waals surface area contributed by atoms with E-state index in [0.717, 1.165) is 44.1 Å². The van der Waals surface area contributed by atoms with Crippen LogP contribution in [0.3, 0.4) is 0 Å². The van der Waals surface area contributed by atoms with E-state index in [1.165, 1.54) is 0 Å². The SMILES string of the molecule is CCC1(OC(=O)c2ccc(C3CC4C(=O)C3C3C5C=CC(C5=O)C43)cc2)CCCC1. The fourth-order valence-electron chi connectivity index (χ4n) is 7.55. The van der Waals surface area contributed by atoms with Crippen molar-refractivity contribution in [3.05, 3.63) is 47.5 Å². The second-order valence-corrected chi connectivity index (χ2v) is 10.1. The molecule has 7 atom stereocenters. The Morgan fingerprint density at radius 3 is 2.30 bits per heavy atom. The fraction of sp³-hybridized carbons (Fsp3) is 0.577. The Bertz CT molecular complexity index is 952. The number of Topliss-reactive ketones (excluding diaryl/α,β-unsaturated/α-hetero) is 2.